The number of rotatable bonds is 7. The van der Waals surface area contributed by atoms with Crippen LogP contribution in [0, 0.1) is 0 Å². The van der Waals surface area contributed by atoms with Gasteiger partial charge in [-0.2, -0.15) is 0 Å². The summed E-state index contributed by atoms with van der Waals surface area (Å²) in [6.07, 6.45) is 5.80. The van der Waals surface area contributed by atoms with E-state index in [1.807, 2.05) is 12.1 Å². The molecule has 7 nitrogen and oxygen atoms in total. The van der Waals surface area contributed by atoms with Gasteiger partial charge in [0.1, 0.15) is 0 Å². The molecule has 25 heavy (non-hydrogen) atoms. The molecule has 0 aromatic carbocycles. The van der Waals surface area contributed by atoms with Gasteiger partial charge in [0, 0.05) is 24.3 Å². The normalized spacial score (nSPS) is 10.4. The van der Waals surface area contributed by atoms with Gasteiger partial charge in [-0.1, -0.05) is 0 Å². The van der Waals surface area contributed by atoms with Crippen molar-refractivity contribution in [1.29, 1.82) is 0 Å². The van der Waals surface area contributed by atoms with Gasteiger partial charge in [0.15, 0.2) is 10.9 Å². The summed E-state index contributed by atoms with van der Waals surface area (Å²) in [6, 6.07) is 7.04. The highest BCUT2D eigenvalue weighted by atomic mass is 32.1. The van der Waals surface area contributed by atoms with Crippen LogP contribution < -0.4 is 10.6 Å². The van der Waals surface area contributed by atoms with E-state index in [0.29, 0.717) is 17.4 Å². The Hall–Kier alpha value is -3.00. The quantitative estimate of drug-likeness (QED) is 0.677. The van der Waals surface area contributed by atoms with E-state index in [2.05, 4.69) is 20.6 Å². The zero-order chi connectivity index (χ0) is 17.5. The summed E-state index contributed by atoms with van der Waals surface area (Å²) < 4.78 is 5.02. The smallest absolute Gasteiger partial charge is 0.293 e. The van der Waals surface area contributed by atoms with Gasteiger partial charge in [-0.25, -0.2) is 4.98 Å². The number of amides is 2. The lowest BCUT2D eigenvalue weighted by molar-refractivity contribution is -0.120. The van der Waals surface area contributed by atoms with E-state index in [4.69, 9.17) is 4.42 Å². The van der Waals surface area contributed by atoms with Crippen molar-refractivity contribution in [1.82, 2.24) is 15.3 Å². The number of thiazole rings is 1. The van der Waals surface area contributed by atoms with Crippen molar-refractivity contribution < 1.29 is 14.0 Å². The lowest BCUT2D eigenvalue weighted by Crippen LogP contribution is -2.27. The van der Waals surface area contributed by atoms with Crippen molar-refractivity contribution in [3.05, 3.63) is 65.3 Å². The number of hydrogen-bond donors (Lipinski definition) is 2. The summed E-state index contributed by atoms with van der Waals surface area (Å²) in [7, 11) is 0. The van der Waals surface area contributed by atoms with E-state index in [-0.39, 0.29) is 24.0 Å². The molecular formula is C17H16N4O3S. The highest BCUT2D eigenvalue weighted by Crippen LogP contribution is 2.17. The van der Waals surface area contributed by atoms with Gasteiger partial charge in [0.2, 0.25) is 5.91 Å². The van der Waals surface area contributed by atoms with E-state index in [1.165, 1.54) is 17.6 Å². The number of nitrogens with one attached hydrogen (secondary N) is 2. The Morgan fingerprint density at radius 1 is 1.20 bits per heavy atom. The lowest BCUT2D eigenvalue weighted by atomic mass is 10.2. The molecule has 2 N–H and O–H groups in total. The minimum atomic E-state index is -0.368. The monoisotopic (exact) mass is 356 g/mol. The summed E-state index contributed by atoms with van der Waals surface area (Å²) in [5.74, 6) is -0.262. The summed E-state index contributed by atoms with van der Waals surface area (Å²) in [5.41, 5.74) is 1.73. The maximum atomic E-state index is 12.0. The van der Waals surface area contributed by atoms with Crippen molar-refractivity contribution in [2.24, 2.45) is 0 Å². The minimum absolute atomic E-state index is 0.108. The largest absolute Gasteiger partial charge is 0.459 e. The molecule has 3 aromatic heterocycles. The number of pyridine rings is 1. The van der Waals surface area contributed by atoms with Crippen molar-refractivity contribution in [2.45, 2.75) is 12.8 Å². The first-order chi connectivity index (χ1) is 12.2. The lowest BCUT2D eigenvalue weighted by Gasteiger charge is -2.04. The van der Waals surface area contributed by atoms with Gasteiger partial charge in [0.05, 0.1) is 18.4 Å². The summed E-state index contributed by atoms with van der Waals surface area (Å²) in [5, 5.41) is 7.68. The van der Waals surface area contributed by atoms with E-state index in [1.54, 1.807) is 29.9 Å². The summed E-state index contributed by atoms with van der Waals surface area (Å²) in [4.78, 5) is 32.0. The first-order valence-corrected chi connectivity index (χ1v) is 8.53. The molecule has 3 aromatic rings. The third-order valence-electron chi connectivity index (χ3n) is 3.34. The zero-order valence-corrected chi connectivity index (χ0v) is 14.1. The number of hydrogen-bond acceptors (Lipinski definition) is 6. The van der Waals surface area contributed by atoms with Crippen LogP contribution in [0.15, 0.2) is 52.7 Å². The molecule has 0 saturated carbocycles. The van der Waals surface area contributed by atoms with Crippen LogP contribution in [-0.2, 0) is 17.6 Å². The fraction of sp³-hybridized carbons (Fsp3) is 0.176. The van der Waals surface area contributed by atoms with Crippen LogP contribution in [0.25, 0.3) is 0 Å². The van der Waals surface area contributed by atoms with Gasteiger partial charge in [-0.3, -0.25) is 19.9 Å². The van der Waals surface area contributed by atoms with Crippen LogP contribution >= 0.6 is 11.3 Å². The predicted octanol–water partition coefficient (Wildman–Crippen LogP) is 2.28. The van der Waals surface area contributed by atoms with Crippen LogP contribution in [0.4, 0.5) is 5.13 Å². The van der Waals surface area contributed by atoms with Crippen LogP contribution in [0.2, 0.25) is 0 Å². The second kappa shape index (κ2) is 8.20. The van der Waals surface area contributed by atoms with E-state index < -0.39 is 0 Å². The highest BCUT2D eigenvalue weighted by molar-refractivity contribution is 7.14. The third-order valence-corrected chi connectivity index (χ3v) is 4.15. The Morgan fingerprint density at radius 2 is 2.04 bits per heavy atom. The topological polar surface area (TPSA) is 97.1 Å². The van der Waals surface area contributed by atoms with Gasteiger partial charge in [-0.05, 0) is 36.2 Å². The Kier molecular flexibility index (Phi) is 5.53. The molecule has 0 fully saturated rings. The predicted molar refractivity (Wildman–Crippen MR) is 93.4 cm³/mol. The van der Waals surface area contributed by atoms with Gasteiger partial charge in [-0.15, -0.1) is 11.3 Å². The molecule has 128 valence electrons. The molecule has 0 spiro atoms. The first kappa shape index (κ1) is 16.8. The summed E-state index contributed by atoms with van der Waals surface area (Å²) >= 11 is 1.27. The molecule has 0 atom stereocenters. The second-order valence-corrected chi connectivity index (χ2v) is 6.07. The molecule has 2 amide bonds. The van der Waals surface area contributed by atoms with Crippen LogP contribution in [0.3, 0.4) is 0 Å². The van der Waals surface area contributed by atoms with E-state index in [0.717, 1.165) is 12.0 Å². The molecule has 0 unspecified atom stereocenters. The number of nitrogens with zero attached hydrogens (tertiary/aromatic N) is 2. The van der Waals surface area contributed by atoms with E-state index >= 15 is 0 Å². The average Bonchev–Trinajstić information content (AvgIpc) is 3.28. The highest BCUT2D eigenvalue weighted by Gasteiger charge is 2.12. The van der Waals surface area contributed by atoms with Crippen molar-refractivity contribution in [3.63, 3.8) is 0 Å². The van der Waals surface area contributed by atoms with Crippen LogP contribution in [-0.4, -0.2) is 28.3 Å². The minimum Gasteiger partial charge on any atom is -0.459 e. The molecule has 0 radical (unpaired) electrons. The Bertz CT molecular complexity index is 831. The molecule has 0 aliphatic carbocycles. The molecule has 0 aliphatic rings. The van der Waals surface area contributed by atoms with Crippen molar-refractivity contribution in [2.75, 3.05) is 11.9 Å². The zero-order valence-electron chi connectivity index (χ0n) is 13.3. The Morgan fingerprint density at radius 3 is 2.80 bits per heavy atom. The number of furan rings is 1. The van der Waals surface area contributed by atoms with E-state index in [9.17, 15) is 9.59 Å². The molecule has 0 aliphatic heterocycles. The Balaban J connectivity index is 1.44. The van der Waals surface area contributed by atoms with Gasteiger partial charge >= 0.3 is 0 Å². The fourth-order valence-electron chi connectivity index (χ4n) is 2.13. The molecular weight excluding hydrogens is 340 g/mol. The molecule has 0 bridgehead atoms. The number of aromatic nitrogens is 2. The first-order valence-electron chi connectivity index (χ1n) is 7.65. The standard InChI is InChI=1S/C17H16N4O3S/c22-15(19-8-5-12-3-6-18-7-4-12)10-13-11-25-17(20-13)21-16(23)14-2-1-9-24-14/h1-4,6-7,9,11H,5,8,10H2,(H,19,22)(H,20,21,23). The van der Waals surface area contributed by atoms with Crippen molar-refractivity contribution >= 4 is 28.3 Å². The maximum absolute atomic E-state index is 12.0. The number of carbonyl (C=O) groups is 2. The third kappa shape index (κ3) is 4.98. The van der Waals surface area contributed by atoms with Crippen LogP contribution in [0.1, 0.15) is 21.8 Å². The Labute approximate surface area is 148 Å². The molecule has 8 heteroatoms. The maximum Gasteiger partial charge on any atom is 0.293 e. The van der Waals surface area contributed by atoms with Crippen molar-refractivity contribution in [3.8, 4) is 0 Å². The van der Waals surface area contributed by atoms with Crippen LogP contribution in [0.5, 0.6) is 0 Å². The SMILES string of the molecule is O=C(Cc1csc(NC(=O)c2ccco2)n1)NCCc1ccncc1. The van der Waals surface area contributed by atoms with Gasteiger partial charge in [0.25, 0.3) is 5.91 Å². The second-order valence-electron chi connectivity index (χ2n) is 5.21. The summed E-state index contributed by atoms with van der Waals surface area (Å²) in [6.45, 7) is 0.551. The van der Waals surface area contributed by atoms with Gasteiger partial charge < -0.3 is 9.73 Å². The molecule has 3 rings (SSSR count). The average molecular weight is 356 g/mol. The fourth-order valence-corrected chi connectivity index (χ4v) is 2.84. The molecule has 0 saturated heterocycles. The number of anilines is 1. The molecule has 3 heterocycles. The number of carbonyl (C=O) groups excluding carboxylic acids is 2.